The van der Waals surface area contributed by atoms with Crippen LogP contribution in [-0.4, -0.2) is 11.1 Å². The number of aryl methyl sites for hydroxylation is 1. The number of carboxylic acid groups (broad SMARTS) is 1. The highest BCUT2D eigenvalue weighted by Crippen LogP contribution is 2.15. The Morgan fingerprint density at radius 3 is 2.31 bits per heavy atom. The number of carboxylic acids is 1. The first-order valence-electron chi connectivity index (χ1n) is 4.76. The van der Waals surface area contributed by atoms with E-state index in [2.05, 4.69) is 0 Å². The first-order valence-corrected chi connectivity index (χ1v) is 9.69. The summed E-state index contributed by atoms with van der Waals surface area (Å²) >= 11 is 10.4. The van der Waals surface area contributed by atoms with Crippen molar-refractivity contribution in [2.24, 2.45) is 0 Å². The van der Waals surface area contributed by atoms with Crippen LogP contribution in [0.4, 0.5) is 0 Å². The van der Waals surface area contributed by atoms with E-state index in [0.29, 0.717) is 0 Å². The average molecular weight is 292 g/mol. The Morgan fingerprint density at radius 1 is 1.31 bits per heavy atom. The molecule has 0 aliphatic heterocycles. The fourth-order valence-corrected chi connectivity index (χ4v) is 6.00. The van der Waals surface area contributed by atoms with Crippen LogP contribution in [0.2, 0.25) is 0 Å². The zero-order valence-electron chi connectivity index (χ0n) is 9.11. The van der Waals surface area contributed by atoms with E-state index in [1.54, 1.807) is 0 Å². The summed E-state index contributed by atoms with van der Waals surface area (Å²) in [4.78, 5) is 10.8. The highest BCUT2D eigenvalue weighted by Gasteiger charge is 2.12. The van der Waals surface area contributed by atoms with E-state index in [1.807, 2.05) is 19.9 Å². The molecule has 0 fully saturated rings. The van der Waals surface area contributed by atoms with Gasteiger partial charge in [0.25, 0.3) is 0 Å². The molecule has 0 radical (unpaired) electrons. The third kappa shape index (κ3) is 3.01. The molecule has 2 atom stereocenters. The first kappa shape index (κ1) is 14.1. The van der Waals surface area contributed by atoms with Crippen molar-refractivity contribution in [1.29, 1.82) is 0 Å². The number of benzene rings is 1. The molecule has 0 spiro atoms. The summed E-state index contributed by atoms with van der Waals surface area (Å²) in [5, 5.41) is 11.1. The molecule has 6 heteroatoms. The van der Waals surface area contributed by atoms with Gasteiger partial charge in [-0.2, -0.15) is 0 Å². The molecule has 0 heterocycles. The third-order valence-electron chi connectivity index (χ3n) is 2.60. The molecule has 1 aromatic carbocycles. The van der Waals surface area contributed by atoms with Gasteiger partial charge in [-0.3, -0.25) is 4.79 Å². The molecule has 1 N–H and O–H groups in total. The van der Waals surface area contributed by atoms with Crippen LogP contribution in [0.25, 0.3) is 0 Å². The zero-order valence-corrected chi connectivity index (χ0v) is 13.1. The van der Waals surface area contributed by atoms with Crippen LogP contribution in [0.1, 0.15) is 16.7 Å². The summed E-state index contributed by atoms with van der Waals surface area (Å²) in [6.07, 6.45) is 0.0574. The molecule has 2 unspecified atom stereocenters. The Morgan fingerprint density at radius 2 is 1.88 bits per heavy atom. The van der Waals surface area contributed by atoms with Gasteiger partial charge in [0.05, 0.1) is 6.42 Å². The Hall–Kier alpha value is -0.01000. The van der Waals surface area contributed by atoms with Gasteiger partial charge < -0.3 is 5.11 Å². The van der Waals surface area contributed by atoms with E-state index >= 15 is 0 Å². The van der Waals surface area contributed by atoms with E-state index in [9.17, 15) is 4.79 Å². The normalized spacial score (nSPS) is 11.9. The number of hydrogen-bond donors (Lipinski definition) is 1. The molecule has 0 saturated heterocycles. The molecule has 1 aromatic rings. The van der Waals surface area contributed by atoms with Crippen LogP contribution in [0, 0.1) is 13.8 Å². The second-order valence-corrected chi connectivity index (χ2v) is 6.65. The van der Waals surface area contributed by atoms with Crippen LogP contribution in [-0.2, 0) is 34.8 Å². The van der Waals surface area contributed by atoms with Crippen LogP contribution in [0.5, 0.6) is 0 Å². The van der Waals surface area contributed by atoms with Gasteiger partial charge in [0.1, 0.15) is 0 Å². The predicted octanol–water partition coefficient (Wildman–Crippen LogP) is 0.927. The maximum absolute atomic E-state index is 10.8. The molecule has 0 aliphatic carbocycles. The quantitative estimate of drug-likeness (QED) is 0.838. The molecular formula is C10H14O2P2S2. The monoisotopic (exact) mass is 292 g/mol. The van der Waals surface area contributed by atoms with Gasteiger partial charge in [0, 0.05) is 0 Å². The summed E-state index contributed by atoms with van der Waals surface area (Å²) in [5.74, 6) is -0.808. The summed E-state index contributed by atoms with van der Waals surface area (Å²) in [5.41, 5.74) is 3.19. The van der Waals surface area contributed by atoms with Crippen molar-refractivity contribution in [2.45, 2.75) is 20.3 Å². The molecule has 0 aromatic heterocycles. The Kier molecular flexibility index (Phi) is 5.33. The fourth-order valence-electron chi connectivity index (χ4n) is 1.63. The molecule has 0 amide bonds. The summed E-state index contributed by atoms with van der Waals surface area (Å²) in [6, 6.07) is 1.95. The lowest BCUT2D eigenvalue weighted by Gasteiger charge is -2.13. The van der Waals surface area contributed by atoms with Gasteiger partial charge in [-0.05, 0) is 55.9 Å². The van der Waals surface area contributed by atoms with Crippen LogP contribution >= 0.6 is 14.7 Å². The van der Waals surface area contributed by atoms with E-state index in [1.165, 1.54) is 5.56 Å². The SMILES string of the molecule is Cc1cc(CC(=O)O)c([PH2]=S)c([PH2]=S)c1C. The Balaban J connectivity index is 3.49. The van der Waals surface area contributed by atoms with Crippen LogP contribution in [0.3, 0.4) is 0 Å². The average Bonchev–Trinajstić information content (AvgIpc) is 2.21. The maximum Gasteiger partial charge on any atom is 0.307 e. The predicted molar refractivity (Wildman–Crippen MR) is 80.7 cm³/mol. The van der Waals surface area contributed by atoms with Crippen molar-refractivity contribution in [1.82, 2.24) is 0 Å². The fraction of sp³-hybridized carbons (Fsp3) is 0.300. The molecule has 88 valence electrons. The standard InChI is InChI=1S/C10H14O2P2S2/c1-5-3-7(4-8(11)12)10(14-16)9(13-15)6(5)2/h3H,4,13-14H2,1-2H3,(H,11,12). The van der Waals surface area contributed by atoms with Crippen molar-refractivity contribution in [3.63, 3.8) is 0 Å². The lowest BCUT2D eigenvalue weighted by molar-refractivity contribution is -0.136. The maximum atomic E-state index is 10.8. The van der Waals surface area contributed by atoms with Crippen molar-refractivity contribution in [3.05, 3.63) is 22.8 Å². The molecule has 16 heavy (non-hydrogen) atoms. The van der Waals surface area contributed by atoms with Gasteiger partial charge in [0.2, 0.25) is 0 Å². The summed E-state index contributed by atoms with van der Waals surface area (Å²) < 4.78 is 0. The first-order chi connectivity index (χ1) is 7.51. The number of carbonyl (C=O) groups is 1. The van der Waals surface area contributed by atoms with E-state index < -0.39 is 5.97 Å². The molecular weight excluding hydrogens is 278 g/mol. The van der Waals surface area contributed by atoms with E-state index in [-0.39, 0.29) is 21.1 Å². The second-order valence-electron chi connectivity index (χ2n) is 3.61. The minimum atomic E-state index is -0.808. The lowest BCUT2D eigenvalue weighted by atomic mass is 10.0. The Labute approximate surface area is 108 Å². The molecule has 1 rings (SSSR count). The van der Waals surface area contributed by atoms with Gasteiger partial charge >= 0.3 is 5.97 Å². The third-order valence-corrected chi connectivity index (χ3v) is 6.24. The molecule has 0 saturated carbocycles. The van der Waals surface area contributed by atoms with Gasteiger partial charge in [-0.1, -0.05) is 29.7 Å². The zero-order chi connectivity index (χ0) is 12.3. The van der Waals surface area contributed by atoms with Crippen molar-refractivity contribution >= 4 is 54.9 Å². The topological polar surface area (TPSA) is 37.3 Å². The van der Waals surface area contributed by atoms with E-state index in [4.69, 9.17) is 28.7 Å². The van der Waals surface area contributed by atoms with Gasteiger partial charge in [-0.15, -0.1) is 0 Å². The summed E-state index contributed by atoms with van der Waals surface area (Å²) in [7, 11) is -0.512. The van der Waals surface area contributed by atoms with Crippen molar-refractivity contribution < 1.29 is 9.90 Å². The molecule has 2 nitrogen and oxygen atoms in total. The summed E-state index contributed by atoms with van der Waals surface area (Å²) in [6.45, 7) is 4.04. The number of rotatable bonds is 4. The highest BCUT2D eigenvalue weighted by molar-refractivity contribution is 8.02. The van der Waals surface area contributed by atoms with Crippen molar-refractivity contribution in [2.75, 3.05) is 0 Å². The Bertz CT molecular complexity index is 472. The lowest BCUT2D eigenvalue weighted by Crippen LogP contribution is -2.23. The van der Waals surface area contributed by atoms with Crippen LogP contribution < -0.4 is 10.6 Å². The molecule has 0 aliphatic rings. The second kappa shape index (κ2) is 6.07. The number of hydrogen-bond acceptors (Lipinski definition) is 3. The highest BCUT2D eigenvalue weighted by atomic mass is 32.4. The smallest absolute Gasteiger partial charge is 0.307 e. The van der Waals surface area contributed by atoms with Crippen LogP contribution in [0.15, 0.2) is 6.07 Å². The van der Waals surface area contributed by atoms with Gasteiger partial charge in [-0.25, -0.2) is 0 Å². The van der Waals surface area contributed by atoms with E-state index in [0.717, 1.165) is 21.7 Å². The largest absolute Gasteiger partial charge is 0.481 e. The minimum Gasteiger partial charge on any atom is -0.481 e. The van der Waals surface area contributed by atoms with Crippen molar-refractivity contribution in [3.8, 4) is 0 Å². The number of aliphatic carboxylic acids is 1. The molecule has 0 bridgehead atoms. The minimum absolute atomic E-state index is 0.0574. The van der Waals surface area contributed by atoms with Gasteiger partial charge in [0.15, 0.2) is 0 Å².